The van der Waals surface area contributed by atoms with Crippen LogP contribution in [0.25, 0.3) is 43.8 Å². The first-order chi connectivity index (χ1) is 17.5. The van der Waals surface area contributed by atoms with Crippen molar-refractivity contribution in [1.82, 2.24) is 0 Å². The molecule has 0 aromatic heterocycles. The Morgan fingerprint density at radius 3 is 1.35 bits per heavy atom. The van der Waals surface area contributed by atoms with Gasteiger partial charge in [0.15, 0.2) is 40.7 Å². The van der Waals surface area contributed by atoms with E-state index in [-0.39, 0.29) is 0 Å². The van der Waals surface area contributed by atoms with Gasteiger partial charge in [-0.3, -0.25) is 0 Å². The summed E-state index contributed by atoms with van der Waals surface area (Å²) in [5.41, 5.74) is -4.26. The van der Waals surface area contributed by atoms with E-state index in [1.807, 2.05) is 0 Å². The average molecular weight is 528 g/mol. The van der Waals surface area contributed by atoms with Crippen LogP contribution in [0.2, 0.25) is 0 Å². The number of fused-ring (bicyclic) bond motifs is 2. The minimum absolute atomic E-state index is 0.389. The SMILES string of the molecule is Fc1cc(-c2c3cccc(F)c3c(-c3c(F)c(F)c(F)c(F)c3F)c3c(F)ccc(F)c23)cc(F)c1F. The van der Waals surface area contributed by atoms with Crippen molar-refractivity contribution < 1.29 is 48.3 Å². The minimum Gasteiger partial charge on any atom is -0.206 e. The molecule has 0 radical (unpaired) electrons. The third kappa shape index (κ3) is 3.44. The summed E-state index contributed by atoms with van der Waals surface area (Å²) >= 11 is 0. The van der Waals surface area contributed by atoms with Gasteiger partial charge in [-0.25, -0.2) is 48.3 Å². The average Bonchev–Trinajstić information content (AvgIpc) is 2.86. The summed E-state index contributed by atoms with van der Waals surface area (Å²) in [7, 11) is 0. The quantitative estimate of drug-likeness (QED) is 0.0930. The van der Waals surface area contributed by atoms with Crippen LogP contribution < -0.4 is 0 Å². The molecule has 188 valence electrons. The Balaban J connectivity index is 2.15. The molecule has 0 saturated heterocycles. The Labute approximate surface area is 199 Å². The van der Waals surface area contributed by atoms with Crippen molar-refractivity contribution in [3.63, 3.8) is 0 Å². The normalized spacial score (nSPS) is 11.6. The summed E-state index contributed by atoms with van der Waals surface area (Å²) in [5.74, 6) is -22.0. The molecule has 0 heterocycles. The molecule has 0 bridgehead atoms. The number of rotatable bonds is 2. The highest BCUT2D eigenvalue weighted by Gasteiger charge is 2.32. The molecule has 0 nitrogen and oxygen atoms in total. The second-order valence-corrected chi connectivity index (χ2v) is 7.89. The molecule has 0 atom stereocenters. The predicted molar refractivity (Wildman–Crippen MR) is 112 cm³/mol. The molecule has 5 rings (SSSR count). The Morgan fingerprint density at radius 2 is 0.811 bits per heavy atom. The molecule has 0 aliphatic rings. The van der Waals surface area contributed by atoms with Crippen molar-refractivity contribution in [1.29, 1.82) is 0 Å². The molecular weight excluding hydrogens is 521 g/mol. The van der Waals surface area contributed by atoms with E-state index in [0.717, 1.165) is 12.1 Å². The van der Waals surface area contributed by atoms with Crippen molar-refractivity contribution in [2.24, 2.45) is 0 Å². The lowest BCUT2D eigenvalue weighted by Gasteiger charge is -2.20. The van der Waals surface area contributed by atoms with Crippen LogP contribution in [0.4, 0.5) is 48.3 Å². The lowest BCUT2D eigenvalue weighted by Crippen LogP contribution is -2.06. The van der Waals surface area contributed by atoms with E-state index in [2.05, 4.69) is 0 Å². The van der Waals surface area contributed by atoms with Crippen LogP contribution >= 0.6 is 0 Å². The van der Waals surface area contributed by atoms with Gasteiger partial charge in [-0.2, -0.15) is 0 Å². The lowest BCUT2D eigenvalue weighted by molar-refractivity contribution is 0.381. The zero-order valence-electron chi connectivity index (χ0n) is 17.7. The summed E-state index contributed by atoms with van der Waals surface area (Å²) in [5, 5.41) is -3.60. The van der Waals surface area contributed by atoms with E-state index >= 15 is 13.2 Å². The van der Waals surface area contributed by atoms with Crippen molar-refractivity contribution in [2.75, 3.05) is 0 Å². The minimum atomic E-state index is -2.55. The molecule has 0 aliphatic heterocycles. The summed E-state index contributed by atoms with van der Waals surface area (Å²) in [6.07, 6.45) is 0. The standard InChI is InChI=1S/C26H7F11/c27-10-3-1-2-9-15(8-6-13(30)21(32)14(31)7-8)17-11(28)4-5-12(29)18(17)19(16(9)10)20-22(33)24(35)26(37)25(36)23(20)34/h1-7H. The number of hydrogen-bond acceptors (Lipinski definition) is 0. The zero-order chi connectivity index (χ0) is 26.9. The first-order valence-corrected chi connectivity index (χ1v) is 10.1. The van der Waals surface area contributed by atoms with E-state index in [1.165, 1.54) is 0 Å². The molecule has 11 heteroatoms. The van der Waals surface area contributed by atoms with Gasteiger partial charge < -0.3 is 0 Å². The molecule has 0 unspecified atom stereocenters. The fraction of sp³-hybridized carbons (Fsp3) is 0. The zero-order valence-corrected chi connectivity index (χ0v) is 17.7. The van der Waals surface area contributed by atoms with Gasteiger partial charge in [0, 0.05) is 27.3 Å². The molecule has 5 aromatic rings. The molecule has 5 aromatic carbocycles. The van der Waals surface area contributed by atoms with Gasteiger partial charge in [0.25, 0.3) is 0 Å². The largest absolute Gasteiger partial charge is 0.206 e. The van der Waals surface area contributed by atoms with Crippen LogP contribution in [-0.2, 0) is 0 Å². The fourth-order valence-electron chi connectivity index (χ4n) is 4.36. The van der Waals surface area contributed by atoms with E-state index in [1.54, 1.807) is 0 Å². The van der Waals surface area contributed by atoms with Crippen molar-refractivity contribution in [2.45, 2.75) is 0 Å². The summed E-state index contributed by atoms with van der Waals surface area (Å²) in [6, 6.07) is 4.39. The van der Waals surface area contributed by atoms with Gasteiger partial charge in [0.1, 0.15) is 17.5 Å². The van der Waals surface area contributed by atoms with Crippen molar-refractivity contribution >= 4 is 21.5 Å². The van der Waals surface area contributed by atoms with E-state index in [4.69, 9.17) is 0 Å². The van der Waals surface area contributed by atoms with Crippen LogP contribution in [0.3, 0.4) is 0 Å². The van der Waals surface area contributed by atoms with Gasteiger partial charge in [-0.1, -0.05) is 12.1 Å². The van der Waals surface area contributed by atoms with Crippen LogP contribution in [0.5, 0.6) is 0 Å². The molecule has 37 heavy (non-hydrogen) atoms. The maximum atomic E-state index is 15.2. The molecule has 0 saturated carbocycles. The van der Waals surface area contributed by atoms with Crippen LogP contribution in [0, 0.1) is 64.0 Å². The Bertz CT molecular complexity index is 1740. The highest BCUT2D eigenvalue weighted by atomic mass is 19.2. The first-order valence-electron chi connectivity index (χ1n) is 10.1. The predicted octanol–water partition coefficient (Wildman–Crippen LogP) is 8.86. The Hall–Kier alpha value is -4.15. The third-order valence-corrected chi connectivity index (χ3v) is 5.87. The molecular formula is C26H7F11. The number of hydrogen-bond donors (Lipinski definition) is 0. The molecule has 0 N–H and O–H groups in total. The highest BCUT2D eigenvalue weighted by molar-refractivity contribution is 6.22. The molecule has 0 spiro atoms. The second-order valence-electron chi connectivity index (χ2n) is 7.89. The van der Waals surface area contributed by atoms with Gasteiger partial charge in [0.2, 0.25) is 5.82 Å². The summed E-state index contributed by atoms with van der Waals surface area (Å²) < 4.78 is 159. The van der Waals surface area contributed by atoms with Gasteiger partial charge >= 0.3 is 0 Å². The highest BCUT2D eigenvalue weighted by Crippen LogP contribution is 2.48. The number of halogens is 11. The van der Waals surface area contributed by atoms with E-state index in [9.17, 15) is 35.1 Å². The van der Waals surface area contributed by atoms with Crippen molar-refractivity contribution in [3.05, 3.63) is 106 Å². The van der Waals surface area contributed by atoms with Gasteiger partial charge in [-0.05, 0) is 41.3 Å². The lowest BCUT2D eigenvalue weighted by atomic mass is 9.84. The second kappa shape index (κ2) is 8.46. The monoisotopic (exact) mass is 528 g/mol. The molecule has 0 fully saturated rings. The Morgan fingerprint density at radius 1 is 0.351 bits per heavy atom. The molecule has 0 amide bonds. The van der Waals surface area contributed by atoms with Crippen LogP contribution in [0.1, 0.15) is 0 Å². The topological polar surface area (TPSA) is 0 Å². The maximum Gasteiger partial charge on any atom is 0.200 e. The van der Waals surface area contributed by atoms with Gasteiger partial charge in [-0.15, -0.1) is 0 Å². The summed E-state index contributed by atoms with van der Waals surface area (Å²) in [4.78, 5) is 0. The first kappa shape index (κ1) is 24.5. The van der Waals surface area contributed by atoms with Crippen molar-refractivity contribution in [3.8, 4) is 22.3 Å². The third-order valence-electron chi connectivity index (χ3n) is 5.87. The Kier molecular flexibility index (Phi) is 5.61. The maximum absolute atomic E-state index is 15.2. The van der Waals surface area contributed by atoms with E-state index < -0.39 is 108 Å². The number of benzene rings is 5. The van der Waals surface area contributed by atoms with Crippen LogP contribution in [-0.4, -0.2) is 0 Å². The summed E-state index contributed by atoms with van der Waals surface area (Å²) in [6.45, 7) is 0. The smallest absolute Gasteiger partial charge is 0.200 e. The molecule has 0 aliphatic carbocycles. The van der Waals surface area contributed by atoms with Gasteiger partial charge in [0.05, 0.1) is 5.56 Å². The van der Waals surface area contributed by atoms with Crippen LogP contribution in [0.15, 0.2) is 42.5 Å². The van der Waals surface area contributed by atoms with E-state index in [0.29, 0.717) is 30.3 Å². The fourth-order valence-corrected chi connectivity index (χ4v) is 4.36.